The molecule has 0 aliphatic heterocycles. The number of hydrogen-bond acceptors (Lipinski definition) is 6. The second-order valence-electron chi connectivity index (χ2n) is 7.36. The molecule has 4 aromatic rings. The zero-order valence-corrected chi connectivity index (χ0v) is 21.6. The molecule has 0 radical (unpaired) electrons. The average Bonchev–Trinajstić information content (AvgIpc) is 2.85. The number of benzene rings is 4. The molecule has 8 heteroatoms. The first-order valence-electron chi connectivity index (χ1n) is 10.7. The highest BCUT2D eigenvalue weighted by Gasteiger charge is 2.19. The lowest BCUT2D eigenvalue weighted by molar-refractivity contribution is 0.368. The third kappa shape index (κ3) is 12.9. The van der Waals surface area contributed by atoms with Crippen LogP contribution in [0.2, 0.25) is 0 Å². The van der Waals surface area contributed by atoms with Gasteiger partial charge in [0.25, 0.3) is 0 Å². The molecule has 0 aliphatic rings. The highest BCUT2D eigenvalue weighted by molar-refractivity contribution is 7.43. The van der Waals surface area contributed by atoms with Crippen LogP contribution in [0.1, 0.15) is 16.7 Å². The van der Waals surface area contributed by atoms with Gasteiger partial charge in [-0.2, -0.15) is 0 Å². The van der Waals surface area contributed by atoms with Gasteiger partial charge in [-0.05, 0) is 57.2 Å². The highest BCUT2D eigenvalue weighted by atomic mass is 31.2. The predicted octanol–water partition coefficient (Wildman–Crippen LogP) is 7.25. The summed E-state index contributed by atoms with van der Waals surface area (Å²) in [5.41, 5.74) is 3.53. The molecule has 0 unspecified atom stereocenters. The van der Waals surface area contributed by atoms with Crippen LogP contribution >= 0.6 is 17.2 Å². The molecule has 35 heavy (non-hydrogen) atoms. The molecule has 4 rings (SSSR count). The first-order valence-corrected chi connectivity index (χ1v) is 13.0. The fourth-order valence-electron chi connectivity index (χ4n) is 2.50. The number of hydrogen-bond donors (Lipinski definition) is 3. The molecule has 4 aromatic carbocycles. The molecule has 184 valence electrons. The smallest absolute Gasteiger partial charge is 0.409 e. The average molecular weight is 512 g/mol. The third-order valence-corrected chi connectivity index (χ3v) is 5.35. The standard InChI is InChI=1S/C21H21O3P.C6H6.H3O3P/c1-16-4-10-19(11-5-16)22-25(23-20-12-6-17(2)7-13-20)24-21-14-8-18(3)9-15-21;1-2-4-6-5-3-1;1-4(2)3/h4-15H,1-3H3;1-6H;1-3H. The Balaban J connectivity index is 0.000000360. The molecule has 0 heterocycles. The van der Waals surface area contributed by atoms with Gasteiger partial charge in [0.2, 0.25) is 0 Å². The molecule has 3 N–H and O–H groups in total. The van der Waals surface area contributed by atoms with Crippen molar-refractivity contribution >= 4 is 17.2 Å². The van der Waals surface area contributed by atoms with Crippen molar-refractivity contribution in [2.75, 3.05) is 0 Å². The molecular weight excluding hydrogens is 482 g/mol. The Morgan fingerprint density at radius 1 is 0.429 bits per heavy atom. The Morgan fingerprint density at radius 2 is 0.629 bits per heavy atom. The summed E-state index contributed by atoms with van der Waals surface area (Å²) in [7, 11) is -4.24. The number of rotatable bonds is 6. The summed E-state index contributed by atoms with van der Waals surface area (Å²) in [6.45, 7) is 6.12. The first-order chi connectivity index (χ1) is 16.8. The quantitative estimate of drug-likeness (QED) is 0.236. The predicted molar refractivity (Wildman–Crippen MR) is 142 cm³/mol. The fourth-order valence-corrected chi connectivity index (χ4v) is 3.49. The van der Waals surface area contributed by atoms with Gasteiger partial charge in [0.1, 0.15) is 17.2 Å². The van der Waals surface area contributed by atoms with Gasteiger partial charge >= 0.3 is 17.2 Å². The molecule has 0 aliphatic carbocycles. The maximum Gasteiger partial charge on any atom is 0.530 e. The van der Waals surface area contributed by atoms with Gasteiger partial charge in [0, 0.05) is 0 Å². The van der Waals surface area contributed by atoms with Gasteiger partial charge in [-0.1, -0.05) is 89.5 Å². The zero-order valence-electron chi connectivity index (χ0n) is 19.9. The second-order valence-corrected chi connectivity index (χ2v) is 8.89. The SMILES string of the molecule is Cc1ccc(OP(Oc2ccc(C)cc2)Oc2ccc(C)cc2)cc1.OP(O)O.c1ccccc1. The van der Waals surface area contributed by atoms with E-state index < -0.39 is 17.2 Å². The molecule has 0 spiro atoms. The Labute approximate surface area is 209 Å². The van der Waals surface area contributed by atoms with E-state index in [-0.39, 0.29) is 0 Å². The monoisotopic (exact) mass is 512 g/mol. The van der Waals surface area contributed by atoms with Crippen LogP contribution in [0, 0.1) is 20.8 Å². The molecule has 0 saturated heterocycles. The summed E-state index contributed by atoms with van der Waals surface area (Å²) in [6, 6.07) is 35.5. The van der Waals surface area contributed by atoms with E-state index in [0.29, 0.717) is 0 Å². The van der Waals surface area contributed by atoms with Gasteiger partial charge in [-0.3, -0.25) is 0 Å². The van der Waals surface area contributed by atoms with Crippen molar-refractivity contribution < 1.29 is 28.3 Å². The molecular formula is C27H30O6P2. The molecule has 0 saturated carbocycles. The second kappa shape index (κ2) is 15.8. The van der Waals surface area contributed by atoms with E-state index in [1.807, 2.05) is 130 Å². The van der Waals surface area contributed by atoms with E-state index in [1.54, 1.807) is 0 Å². The van der Waals surface area contributed by atoms with Gasteiger partial charge in [0.05, 0.1) is 0 Å². The number of aryl methyl sites for hydroxylation is 3. The summed E-state index contributed by atoms with van der Waals surface area (Å²) in [5, 5.41) is 0. The zero-order chi connectivity index (χ0) is 25.5. The Morgan fingerprint density at radius 3 is 0.829 bits per heavy atom. The van der Waals surface area contributed by atoms with Crippen molar-refractivity contribution in [2.24, 2.45) is 0 Å². The minimum atomic E-state index is -2.62. The summed E-state index contributed by atoms with van der Waals surface area (Å²) in [6.07, 6.45) is 0. The van der Waals surface area contributed by atoms with Crippen molar-refractivity contribution in [3.05, 3.63) is 126 Å². The lowest BCUT2D eigenvalue weighted by atomic mass is 10.2. The van der Waals surface area contributed by atoms with Crippen LogP contribution in [-0.2, 0) is 0 Å². The topological polar surface area (TPSA) is 88.4 Å². The summed E-state index contributed by atoms with van der Waals surface area (Å²) in [4.78, 5) is 21.7. The van der Waals surface area contributed by atoms with E-state index in [2.05, 4.69) is 0 Å². The molecule has 0 amide bonds. The minimum Gasteiger partial charge on any atom is -0.409 e. The Bertz CT molecular complexity index is 931. The van der Waals surface area contributed by atoms with Crippen LogP contribution < -0.4 is 13.6 Å². The third-order valence-electron chi connectivity index (χ3n) is 4.27. The van der Waals surface area contributed by atoms with Gasteiger partial charge in [-0.25, -0.2) is 0 Å². The summed E-state index contributed by atoms with van der Waals surface area (Å²) in [5.74, 6) is 2.16. The Hall–Kier alpha value is -2.98. The molecule has 0 aromatic heterocycles. The minimum absolute atomic E-state index is 0.718. The molecule has 0 bridgehead atoms. The normalized spacial score (nSPS) is 9.94. The lowest BCUT2D eigenvalue weighted by Crippen LogP contribution is -2.02. The van der Waals surface area contributed by atoms with Crippen molar-refractivity contribution in [1.29, 1.82) is 0 Å². The van der Waals surface area contributed by atoms with Gasteiger partial charge < -0.3 is 28.3 Å². The lowest BCUT2D eigenvalue weighted by Gasteiger charge is -2.18. The maximum absolute atomic E-state index is 7.23. The van der Waals surface area contributed by atoms with Crippen LogP contribution in [0.4, 0.5) is 0 Å². The van der Waals surface area contributed by atoms with Crippen molar-refractivity contribution in [3.63, 3.8) is 0 Å². The van der Waals surface area contributed by atoms with E-state index in [0.717, 1.165) is 17.2 Å². The van der Waals surface area contributed by atoms with Crippen molar-refractivity contribution in [3.8, 4) is 17.2 Å². The molecule has 0 atom stereocenters. The largest absolute Gasteiger partial charge is 0.530 e. The molecule has 0 fully saturated rings. The van der Waals surface area contributed by atoms with Gasteiger partial charge in [0.15, 0.2) is 0 Å². The first kappa shape index (κ1) is 28.3. The van der Waals surface area contributed by atoms with Crippen LogP contribution in [0.5, 0.6) is 17.2 Å². The Kier molecular flexibility index (Phi) is 12.8. The van der Waals surface area contributed by atoms with Crippen LogP contribution in [0.15, 0.2) is 109 Å². The van der Waals surface area contributed by atoms with Gasteiger partial charge in [-0.15, -0.1) is 0 Å². The van der Waals surface area contributed by atoms with E-state index in [1.165, 1.54) is 16.7 Å². The van der Waals surface area contributed by atoms with E-state index >= 15 is 0 Å². The maximum atomic E-state index is 7.23. The fraction of sp³-hybridized carbons (Fsp3) is 0.111. The van der Waals surface area contributed by atoms with E-state index in [9.17, 15) is 0 Å². The van der Waals surface area contributed by atoms with Crippen LogP contribution in [0.3, 0.4) is 0 Å². The van der Waals surface area contributed by atoms with E-state index in [4.69, 9.17) is 28.3 Å². The van der Waals surface area contributed by atoms with Crippen LogP contribution in [0.25, 0.3) is 0 Å². The molecule has 6 nitrogen and oxygen atoms in total. The van der Waals surface area contributed by atoms with Crippen LogP contribution in [-0.4, -0.2) is 14.7 Å². The highest BCUT2D eigenvalue weighted by Crippen LogP contribution is 2.42. The summed E-state index contributed by atoms with van der Waals surface area (Å²) < 4.78 is 17.9. The van der Waals surface area contributed by atoms with Crippen molar-refractivity contribution in [2.45, 2.75) is 20.8 Å². The van der Waals surface area contributed by atoms with Crippen molar-refractivity contribution in [1.82, 2.24) is 0 Å². The summed E-state index contributed by atoms with van der Waals surface area (Å²) >= 11 is 0.